The number of fused-ring (bicyclic) bond motifs is 1. The number of aromatic nitrogens is 3. The minimum absolute atomic E-state index is 0.0962. The molecular weight excluding hydrogens is 394 g/mol. The molecule has 1 fully saturated rings. The number of anilines is 1. The highest BCUT2D eigenvalue weighted by molar-refractivity contribution is 6.04. The standard InChI is InChI=1S/C21H22F2N4O3/c1-12-18(29-2)17(26-21(28)15-5-3-4-14(24-15)19(22)23)11-27-10-16(25-20(12)27)13-6-8-30-9-7-13/h3-5,10-11,13,19H,6-9H2,1-2H3,(H,26,28). The van der Waals surface area contributed by atoms with Gasteiger partial charge in [0.15, 0.2) is 5.75 Å². The molecule has 9 heteroatoms. The number of nitrogens with zero attached hydrogens (tertiary/aromatic N) is 3. The molecule has 1 N–H and O–H groups in total. The third kappa shape index (κ3) is 3.85. The summed E-state index contributed by atoms with van der Waals surface area (Å²) in [5, 5.41) is 2.73. The topological polar surface area (TPSA) is 77.8 Å². The number of pyridine rings is 2. The average molecular weight is 416 g/mol. The second-order valence-electron chi connectivity index (χ2n) is 7.19. The predicted octanol–water partition coefficient (Wildman–Crippen LogP) is 4.13. The normalized spacial score (nSPS) is 15.0. The predicted molar refractivity (Wildman–Crippen MR) is 106 cm³/mol. The summed E-state index contributed by atoms with van der Waals surface area (Å²) in [6.07, 6.45) is 2.74. The van der Waals surface area contributed by atoms with Crippen molar-refractivity contribution in [2.45, 2.75) is 32.1 Å². The Morgan fingerprint density at radius 2 is 2.03 bits per heavy atom. The first kappa shape index (κ1) is 20.2. The van der Waals surface area contributed by atoms with Crippen LogP contribution in [-0.4, -0.2) is 40.6 Å². The number of rotatable bonds is 5. The number of aryl methyl sites for hydroxylation is 1. The van der Waals surface area contributed by atoms with Gasteiger partial charge in [0, 0.05) is 37.1 Å². The van der Waals surface area contributed by atoms with E-state index in [1.165, 1.54) is 25.3 Å². The Balaban J connectivity index is 1.67. The van der Waals surface area contributed by atoms with Gasteiger partial charge in [-0.1, -0.05) is 6.07 Å². The van der Waals surface area contributed by atoms with Crippen LogP contribution in [0.3, 0.4) is 0 Å². The van der Waals surface area contributed by atoms with E-state index in [1.54, 1.807) is 6.20 Å². The number of hydrogen-bond donors (Lipinski definition) is 1. The van der Waals surface area contributed by atoms with Crippen molar-refractivity contribution >= 4 is 17.2 Å². The highest BCUT2D eigenvalue weighted by Gasteiger charge is 2.22. The van der Waals surface area contributed by atoms with Gasteiger partial charge in [0.25, 0.3) is 12.3 Å². The van der Waals surface area contributed by atoms with E-state index in [9.17, 15) is 13.6 Å². The summed E-state index contributed by atoms with van der Waals surface area (Å²) in [5.41, 5.74) is 2.34. The average Bonchev–Trinajstić information content (AvgIpc) is 3.19. The van der Waals surface area contributed by atoms with Crippen LogP contribution in [0.5, 0.6) is 5.75 Å². The minimum atomic E-state index is -2.75. The van der Waals surface area contributed by atoms with Gasteiger partial charge in [-0.2, -0.15) is 0 Å². The molecule has 0 aliphatic carbocycles. The molecular formula is C21H22F2N4O3. The molecule has 0 aromatic carbocycles. The molecule has 0 radical (unpaired) electrons. The molecule has 1 amide bonds. The maximum absolute atomic E-state index is 12.9. The Bertz CT molecular complexity index is 1080. The minimum Gasteiger partial charge on any atom is -0.494 e. The third-order valence-electron chi connectivity index (χ3n) is 5.26. The Morgan fingerprint density at radius 3 is 2.73 bits per heavy atom. The van der Waals surface area contributed by atoms with Crippen molar-refractivity contribution in [3.8, 4) is 5.75 Å². The molecule has 1 aliphatic rings. The van der Waals surface area contributed by atoms with E-state index in [-0.39, 0.29) is 5.69 Å². The van der Waals surface area contributed by atoms with E-state index in [1.807, 2.05) is 17.5 Å². The number of halogens is 2. The first-order valence-electron chi connectivity index (χ1n) is 9.68. The summed E-state index contributed by atoms with van der Waals surface area (Å²) in [6, 6.07) is 3.95. The van der Waals surface area contributed by atoms with E-state index in [2.05, 4.69) is 10.3 Å². The van der Waals surface area contributed by atoms with Crippen LogP contribution >= 0.6 is 0 Å². The second kappa shape index (κ2) is 8.35. The zero-order chi connectivity index (χ0) is 21.3. The fourth-order valence-corrected chi connectivity index (χ4v) is 3.72. The number of ether oxygens (including phenoxy) is 2. The molecule has 0 spiro atoms. The van der Waals surface area contributed by atoms with E-state index in [0.717, 1.165) is 29.7 Å². The van der Waals surface area contributed by atoms with Crippen LogP contribution in [0.2, 0.25) is 0 Å². The SMILES string of the molecule is COc1c(NC(=O)c2cccc(C(F)F)n2)cn2cc(C3CCOCC3)nc2c1C. The highest BCUT2D eigenvalue weighted by Crippen LogP contribution is 2.34. The van der Waals surface area contributed by atoms with Crippen LogP contribution in [0.1, 0.15) is 52.6 Å². The number of carbonyl (C=O) groups excluding carboxylic acids is 1. The Morgan fingerprint density at radius 1 is 1.27 bits per heavy atom. The lowest BCUT2D eigenvalue weighted by Gasteiger charge is -2.19. The zero-order valence-corrected chi connectivity index (χ0v) is 16.7. The summed E-state index contributed by atoms with van der Waals surface area (Å²) in [4.78, 5) is 21.2. The molecule has 4 heterocycles. The van der Waals surface area contributed by atoms with Crippen LogP contribution < -0.4 is 10.1 Å². The summed E-state index contributed by atoms with van der Waals surface area (Å²) >= 11 is 0. The van der Waals surface area contributed by atoms with Gasteiger partial charge in [-0.15, -0.1) is 0 Å². The Labute approximate surface area is 172 Å². The van der Waals surface area contributed by atoms with E-state index < -0.39 is 18.0 Å². The molecule has 0 unspecified atom stereocenters. The number of alkyl halides is 2. The molecule has 3 aromatic heterocycles. The van der Waals surface area contributed by atoms with E-state index in [0.29, 0.717) is 30.6 Å². The number of hydrogen-bond acceptors (Lipinski definition) is 5. The van der Waals surface area contributed by atoms with Crippen LogP contribution in [0.25, 0.3) is 5.65 Å². The fraction of sp³-hybridized carbons (Fsp3) is 0.381. The summed E-state index contributed by atoms with van der Waals surface area (Å²) in [7, 11) is 1.51. The summed E-state index contributed by atoms with van der Waals surface area (Å²) in [6.45, 7) is 3.29. The van der Waals surface area contributed by atoms with Crippen LogP contribution in [0.4, 0.5) is 14.5 Å². The van der Waals surface area contributed by atoms with Crippen LogP contribution in [0.15, 0.2) is 30.6 Å². The third-order valence-corrected chi connectivity index (χ3v) is 5.26. The summed E-state index contributed by atoms with van der Waals surface area (Å²) < 4.78 is 38.6. The van der Waals surface area contributed by atoms with Gasteiger partial charge in [-0.05, 0) is 31.9 Å². The Kier molecular flexibility index (Phi) is 5.63. The number of carbonyl (C=O) groups is 1. The largest absolute Gasteiger partial charge is 0.494 e. The molecule has 3 aromatic rings. The van der Waals surface area contributed by atoms with Gasteiger partial charge in [0.1, 0.15) is 22.7 Å². The Hall–Kier alpha value is -3.07. The maximum atomic E-state index is 12.9. The van der Waals surface area contributed by atoms with Gasteiger partial charge in [-0.3, -0.25) is 4.79 Å². The van der Waals surface area contributed by atoms with Crippen molar-refractivity contribution in [2.24, 2.45) is 0 Å². The van der Waals surface area contributed by atoms with Crippen LogP contribution in [0, 0.1) is 6.92 Å². The quantitative estimate of drug-likeness (QED) is 0.677. The van der Waals surface area contributed by atoms with Gasteiger partial charge < -0.3 is 19.2 Å². The second-order valence-corrected chi connectivity index (χ2v) is 7.19. The van der Waals surface area contributed by atoms with Crippen LogP contribution in [-0.2, 0) is 4.74 Å². The highest BCUT2D eigenvalue weighted by atomic mass is 19.3. The molecule has 4 rings (SSSR count). The molecule has 7 nitrogen and oxygen atoms in total. The first-order valence-corrected chi connectivity index (χ1v) is 9.68. The molecule has 0 bridgehead atoms. The van der Waals surface area contributed by atoms with Crippen molar-refractivity contribution in [1.82, 2.24) is 14.4 Å². The smallest absolute Gasteiger partial charge is 0.280 e. The molecule has 0 saturated carbocycles. The van der Waals surface area contributed by atoms with Gasteiger partial charge in [-0.25, -0.2) is 18.7 Å². The lowest BCUT2D eigenvalue weighted by molar-refractivity contribution is 0.0846. The van der Waals surface area contributed by atoms with Crippen molar-refractivity contribution in [2.75, 3.05) is 25.6 Å². The molecule has 30 heavy (non-hydrogen) atoms. The molecule has 158 valence electrons. The van der Waals surface area contributed by atoms with Gasteiger partial charge >= 0.3 is 0 Å². The molecule has 1 saturated heterocycles. The van der Waals surface area contributed by atoms with Gasteiger partial charge in [0.05, 0.1) is 12.8 Å². The van der Waals surface area contributed by atoms with Crippen molar-refractivity contribution in [1.29, 1.82) is 0 Å². The van der Waals surface area contributed by atoms with E-state index >= 15 is 0 Å². The number of nitrogens with one attached hydrogen (secondary N) is 1. The zero-order valence-electron chi connectivity index (χ0n) is 16.7. The van der Waals surface area contributed by atoms with E-state index in [4.69, 9.17) is 14.5 Å². The lowest BCUT2D eigenvalue weighted by Crippen LogP contribution is -2.16. The number of imidazole rings is 1. The van der Waals surface area contributed by atoms with Crippen molar-refractivity contribution in [3.05, 3.63) is 53.2 Å². The number of methoxy groups -OCH3 is 1. The van der Waals surface area contributed by atoms with Gasteiger partial charge in [0.2, 0.25) is 0 Å². The number of amides is 1. The lowest BCUT2D eigenvalue weighted by atomic mass is 9.97. The van der Waals surface area contributed by atoms with Crippen molar-refractivity contribution < 1.29 is 23.0 Å². The fourth-order valence-electron chi connectivity index (χ4n) is 3.72. The molecule has 1 aliphatic heterocycles. The summed E-state index contributed by atoms with van der Waals surface area (Å²) in [5.74, 6) is 0.188. The first-order chi connectivity index (χ1) is 14.5. The molecule has 0 atom stereocenters. The monoisotopic (exact) mass is 416 g/mol. The maximum Gasteiger partial charge on any atom is 0.280 e. The van der Waals surface area contributed by atoms with Crippen molar-refractivity contribution in [3.63, 3.8) is 0 Å².